The first kappa shape index (κ1) is 15.0. The number of methoxy groups -OCH3 is 1. The van der Waals surface area contributed by atoms with E-state index in [-0.39, 0.29) is 0 Å². The minimum absolute atomic E-state index is 0.535. The Hall–Kier alpha value is -1.10. The number of nitrogens with one attached hydrogen (secondary N) is 1. The van der Waals surface area contributed by atoms with Crippen molar-refractivity contribution in [1.82, 2.24) is 10.2 Å². The minimum atomic E-state index is -0.540. The molecule has 1 atom stereocenters. The minimum Gasteiger partial charge on any atom is -0.496 e. The Labute approximate surface area is 110 Å². The Balaban J connectivity index is 2.55. The van der Waals surface area contributed by atoms with Gasteiger partial charge >= 0.3 is 0 Å². The number of aliphatic hydroxyl groups is 1. The van der Waals surface area contributed by atoms with Crippen molar-refractivity contribution in [2.45, 2.75) is 13.0 Å². The Kier molecular flexibility index (Phi) is 6.12. The van der Waals surface area contributed by atoms with Crippen molar-refractivity contribution in [2.24, 2.45) is 0 Å². The van der Waals surface area contributed by atoms with Gasteiger partial charge in [-0.05, 0) is 33.2 Å². The maximum absolute atomic E-state index is 10.2. The summed E-state index contributed by atoms with van der Waals surface area (Å²) in [5, 5.41) is 13.4. The molecule has 0 aliphatic carbocycles. The summed E-state index contributed by atoms with van der Waals surface area (Å²) in [6.45, 7) is 4.36. The summed E-state index contributed by atoms with van der Waals surface area (Å²) >= 11 is 0. The molecule has 4 heteroatoms. The monoisotopic (exact) mass is 252 g/mol. The van der Waals surface area contributed by atoms with Gasteiger partial charge in [-0.25, -0.2) is 0 Å². The van der Waals surface area contributed by atoms with Gasteiger partial charge < -0.3 is 20.1 Å². The Bertz CT molecular complexity index is 367. The molecule has 0 amide bonds. The van der Waals surface area contributed by atoms with E-state index >= 15 is 0 Å². The van der Waals surface area contributed by atoms with Crippen LogP contribution in [-0.4, -0.2) is 50.8 Å². The van der Waals surface area contributed by atoms with Gasteiger partial charge in [-0.3, -0.25) is 0 Å². The maximum Gasteiger partial charge on any atom is 0.124 e. The van der Waals surface area contributed by atoms with Crippen molar-refractivity contribution in [2.75, 3.05) is 40.8 Å². The molecule has 0 aliphatic rings. The molecule has 1 unspecified atom stereocenters. The molecule has 0 heterocycles. The molecule has 1 aromatic rings. The molecule has 0 aromatic heterocycles. The molecular formula is C14H24N2O2. The Morgan fingerprint density at radius 1 is 1.39 bits per heavy atom. The largest absolute Gasteiger partial charge is 0.496 e. The van der Waals surface area contributed by atoms with Gasteiger partial charge in [-0.15, -0.1) is 0 Å². The molecular weight excluding hydrogens is 228 g/mol. The van der Waals surface area contributed by atoms with E-state index in [0.29, 0.717) is 6.54 Å². The number of benzene rings is 1. The average Bonchev–Trinajstić information content (AvgIpc) is 2.34. The number of hydrogen-bond acceptors (Lipinski definition) is 4. The third-order valence-electron chi connectivity index (χ3n) is 2.82. The van der Waals surface area contributed by atoms with E-state index in [1.807, 2.05) is 39.2 Å². The fraction of sp³-hybridized carbons (Fsp3) is 0.571. The first-order valence-corrected chi connectivity index (χ1v) is 6.22. The number of nitrogens with zero attached hydrogens (tertiary/aromatic N) is 1. The van der Waals surface area contributed by atoms with E-state index in [0.717, 1.165) is 30.0 Å². The molecule has 102 valence electrons. The van der Waals surface area contributed by atoms with Crippen molar-refractivity contribution in [3.8, 4) is 5.75 Å². The van der Waals surface area contributed by atoms with Gasteiger partial charge in [0.25, 0.3) is 0 Å². The molecule has 0 saturated carbocycles. The highest BCUT2D eigenvalue weighted by atomic mass is 16.5. The molecule has 0 saturated heterocycles. The second-order valence-corrected chi connectivity index (χ2v) is 4.77. The van der Waals surface area contributed by atoms with Gasteiger partial charge in [0, 0.05) is 25.2 Å². The summed E-state index contributed by atoms with van der Waals surface area (Å²) < 4.78 is 5.27. The third-order valence-corrected chi connectivity index (χ3v) is 2.82. The second kappa shape index (κ2) is 7.36. The number of aryl methyl sites for hydroxylation is 1. The highest BCUT2D eigenvalue weighted by molar-refractivity contribution is 5.38. The number of aliphatic hydroxyl groups excluding tert-OH is 1. The van der Waals surface area contributed by atoms with Crippen molar-refractivity contribution >= 4 is 0 Å². The van der Waals surface area contributed by atoms with E-state index in [9.17, 15) is 5.11 Å². The molecule has 2 N–H and O–H groups in total. The van der Waals surface area contributed by atoms with Crippen molar-refractivity contribution in [3.63, 3.8) is 0 Å². The fourth-order valence-corrected chi connectivity index (χ4v) is 1.77. The number of rotatable bonds is 7. The normalized spacial score (nSPS) is 12.8. The highest BCUT2D eigenvalue weighted by Crippen LogP contribution is 2.25. The number of hydrogen-bond donors (Lipinski definition) is 2. The topological polar surface area (TPSA) is 44.7 Å². The van der Waals surface area contributed by atoms with Gasteiger partial charge in [0.15, 0.2) is 0 Å². The van der Waals surface area contributed by atoms with Crippen LogP contribution in [0.3, 0.4) is 0 Å². The van der Waals surface area contributed by atoms with Crippen LogP contribution < -0.4 is 10.1 Å². The summed E-state index contributed by atoms with van der Waals surface area (Å²) in [5.74, 6) is 0.738. The maximum atomic E-state index is 10.2. The Morgan fingerprint density at radius 2 is 2.11 bits per heavy atom. The second-order valence-electron chi connectivity index (χ2n) is 4.77. The van der Waals surface area contributed by atoms with E-state index in [4.69, 9.17) is 4.74 Å². The lowest BCUT2D eigenvalue weighted by Crippen LogP contribution is -2.29. The molecule has 0 radical (unpaired) electrons. The average molecular weight is 252 g/mol. The molecule has 18 heavy (non-hydrogen) atoms. The standard InChI is InChI=1S/C14H24N2O2/c1-11-5-6-14(18-4)12(9-11)13(17)10-15-7-8-16(2)3/h5-6,9,13,15,17H,7-8,10H2,1-4H3. The fourth-order valence-electron chi connectivity index (χ4n) is 1.77. The molecule has 1 rings (SSSR count). The molecule has 4 nitrogen and oxygen atoms in total. The smallest absolute Gasteiger partial charge is 0.124 e. The number of likely N-dealkylation sites (N-methyl/N-ethyl adjacent to an activating group) is 1. The van der Waals surface area contributed by atoms with Gasteiger partial charge in [0.1, 0.15) is 5.75 Å². The van der Waals surface area contributed by atoms with Crippen LogP contribution in [-0.2, 0) is 0 Å². The summed E-state index contributed by atoms with van der Waals surface area (Å²) in [7, 11) is 5.68. The van der Waals surface area contributed by atoms with Gasteiger partial charge in [-0.1, -0.05) is 11.6 Å². The van der Waals surface area contributed by atoms with Crippen LogP contribution in [0.4, 0.5) is 0 Å². The molecule has 0 aliphatic heterocycles. The summed E-state index contributed by atoms with van der Waals surface area (Å²) in [4.78, 5) is 2.10. The van der Waals surface area contributed by atoms with Crippen LogP contribution in [0.1, 0.15) is 17.2 Å². The van der Waals surface area contributed by atoms with Crippen LogP contribution in [0.25, 0.3) is 0 Å². The predicted octanol–water partition coefficient (Wildman–Crippen LogP) is 1.19. The van der Waals surface area contributed by atoms with Crippen molar-refractivity contribution < 1.29 is 9.84 Å². The van der Waals surface area contributed by atoms with E-state index in [2.05, 4.69) is 10.2 Å². The van der Waals surface area contributed by atoms with E-state index in [1.54, 1.807) is 7.11 Å². The molecule has 1 aromatic carbocycles. The lowest BCUT2D eigenvalue weighted by Gasteiger charge is -2.17. The van der Waals surface area contributed by atoms with Gasteiger partial charge in [-0.2, -0.15) is 0 Å². The Morgan fingerprint density at radius 3 is 2.72 bits per heavy atom. The van der Waals surface area contributed by atoms with Crippen LogP contribution >= 0.6 is 0 Å². The van der Waals surface area contributed by atoms with Crippen molar-refractivity contribution in [3.05, 3.63) is 29.3 Å². The molecule has 0 bridgehead atoms. The highest BCUT2D eigenvalue weighted by Gasteiger charge is 2.12. The number of ether oxygens (including phenoxy) is 1. The van der Waals surface area contributed by atoms with Crippen LogP contribution in [0.5, 0.6) is 5.75 Å². The van der Waals surface area contributed by atoms with E-state index in [1.165, 1.54) is 0 Å². The molecule has 0 fully saturated rings. The van der Waals surface area contributed by atoms with Gasteiger partial charge in [0.05, 0.1) is 13.2 Å². The van der Waals surface area contributed by atoms with Crippen LogP contribution in [0, 0.1) is 6.92 Å². The predicted molar refractivity (Wildman–Crippen MR) is 74.1 cm³/mol. The zero-order chi connectivity index (χ0) is 13.5. The first-order chi connectivity index (χ1) is 8.54. The van der Waals surface area contributed by atoms with Crippen LogP contribution in [0.15, 0.2) is 18.2 Å². The zero-order valence-corrected chi connectivity index (χ0v) is 11.7. The quantitative estimate of drug-likeness (QED) is 0.716. The summed E-state index contributed by atoms with van der Waals surface area (Å²) in [5.41, 5.74) is 1.97. The summed E-state index contributed by atoms with van der Waals surface area (Å²) in [6.07, 6.45) is -0.540. The summed E-state index contributed by atoms with van der Waals surface area (Å²) in [6, 6.07) is 5.85. The first-order valence-electron chi connectivity index (χ1n) is 6.22. The van der Waals surface area contributed by atoms with Crippen LogP contribution in [0.2, 0.25) is 0 Å². The third kappa shape index (κ3) is 4.64. The lowest BCUT2D eigenvalue weighted by molar-refractivity contribution is 0.169. The van der Waals surface area contributed by atoms with Crippen molar-refractivity contribution in [1.29, 1.82) is 0 Å². The molecule has 0 spiro atoms. The SMILES string of the molecule is COc1ccc(C)cc1C(O)CNCCN(C)C. The zero-order valence-electron chi connectivity index (χ0n) is 11.7. The van der Waals surface area contributed by atoms with E-state index < -0.39 is 6.10 Å². The van der Waals surface area contributed by atoms with Gasteiger partial charge in [0.2, 0.25) is 0 Å². The lowest BCUT2D eigenvalue weighted by atomic mass is 10.1.